The molecule has 11 N–H and O–H groups in total. The number of carbonyl (C=O) groups is 16. The minimum atomic E-state index is -1.26. The SMILES string of the molecule is CC(C)C(=O)CCC(=O)CNC(=O)[C@H](CO)CC(=O)CNC(=O)[C@H](CO)CC(=O)CNC(=O)CC[C@H](CC(=O)CCCCCCCCCCCCCCCCC(=O)O)C(=O)O.CC(C)C(=O)COCCOCCNC(=O)COCCOCCCC(=O)[C@H](C)NC(=O)[C@H](C)NC(=O)CCCCCCCCCCCCCCCCC(=O)O. The smallest absolute Gasteiger partial charge is 0.306 e. The first kappa shape index (κ1) is 110. The summed E-state index contributed by atoms with van der Waals surface area (Å²) in [7, 11) is 0. The first-order chi connectivity index (χ1) is 54.9. The molecule has 662 valence electrons. The number of carboxylic acid groups (broad SMARTS) is 3. The minimum Gasteiger partial charge on any atom is -0.481 e. The van der Waals surface area contributed by atoms with Crippen LogP contribution in [0.4, 0.5) is 0 Å². The molecule has 0 aliphatic heterocycles. The molecule has 0 bridgehead atoms. The number of aliphatic hydroxyl groups excluding tert-OH is 2. The van der Waals surface area contributed by atoms with E-state index in [1.54, 1.807) is 27.7 Å². The fraction of sp³-hybridized carbons (Fsp3) is 0.810. The van der Waals surface area contributed by atoms with Crippen LogP contribution < -0.4 is 31.9 Å². The van der Waals surface area contributed by atoms with Crippen LogP contribution in [-0.2, 0) is 95.7 Å². The van der Waals surface area contributed by atoms with Crippen LogP contribution >= 0.6 is 0 Å². The quantitative estimate of drug-likeness (QED) is 0.0253. The van der Waals surface area contributed by atoms with Gasteiger partial charge in [-0.3, -0.25) is 76.7 Å². The highest BCUT2D eigenvalue weighted by Gasteiger charge is 2.27. The van der Waals surface area contributed by atoms with E-state index in [2.05, 4.69) is 31.9 Å². The lowest BCUT2D eigenvalue weighted by Gasteiger charge is -2.18. The van der Waals surface area contributed by atoms with Crippen molar-refractivity contribution < 1.29 is 121 Å². The molecule has 31 nitrogen and oxygen atoms in total. The number of carbonyl (C=O) groups excluding carboxylic acids is 13. The van der Waals surface area contributed by atoms with E-state index in [1.165, 1.54) is 77.0 Å². The molecule has 0 aromatic carbocycles. The van der Waals surface area contributed by atoms with Crippen LogP contribution in [0.15, 0.2) is 0 Å². The Morgan fingerprint density at radius 3 is 1.11 bits per heavy atom. The van der Waals surface area contributed by atoms with Gasteiger partial charge >= 0.3 is 17.9 Å². The Morgan fingerprint density at radius 1 is 0.287 bits per heavy atom. The summed E-state index contributed by atoms with van der Waals surface area (Å²) in [4.78, 5) is 192. The first-order valence-corrected chi connectivity index (χ1v) is 42.5. The molecule has 31 heteroatoms. The van der Waals surface area contributed by atoms with Crippen LogP contribution in [0.25, 0.3) is 0 Å². The highest BCUT2D eigenvalue weighted by atomic mass is 16.5. The molecular weight excluding hydrogens is 1490 g/mol. The van der Waals surface area contributed by atoms with Gasteiger partial charge in [-0.1, -0.05) is 182 Å². The van der Waals surface area contributed by atoms with Crippen molar-refractivity contribution in [3.8, 4) is 0 Å². The number of nitrogens with one attached hydrogen (secondary N) is 6. The van der Waals surface area contributed by atoms with Gasteiger partial charge in [0.2, 0.25) is 35.4 Å². The number of rotatable bonds is 80. The Bertz CT molecular complexity index is 2780. The summed E-state index contributed by atoms with van der Waals surface area (Å²) in [5.74, 6) is -11.5. The third-order valence-corrected chi connectivity index (χ3v) is 19.3. The van der Waals surface area contributed by atoms with Gasteiger partial charge in [0.05, 0.1) is 89.7 Å². The highest BCUT2D eigenvalue weighted by molar-refractivity contribution is 5.95. The molecule has 6 amide bonds. The molecule has 0 aromatic heterocycles. The second-order valence-electron chi connectivity index (χ2n) is 30.5. The number of hydrogen-bond donors (Lipinski definition) is 11. The van der Waals surface area contributed by atoms with Gasteiger partial charge in [-0.05, 0) is 52.4 Å². The third-order valence-electron chi connectivity index (χ3n) is 19.3. The van der Waals surface area contributed by atoms with Gasteiger partial charge in [0.25, 0.3) is 0 Å². The molecule has 0 aliphatic carbocycles. The number of aliphatic carboxylic acids is 3. The zero-order valence-corrected chi connectivity index (χ0v) is 70.3. The molecule has 0 unspecified atom stereocenters. The monoisotopic (exact) mass is 1640 g/mol. The summed E-state index contributed by atoms with van der Waals surface area (Å²) >= 11 is 0. The van der Waals surface area contributed by atoms with Crippen molar-refractivity contribution in [2.75, 3.05) is 92.2 Å². The predicted molar refractivity (Wildman–Crippen MR) is 432 cm³/mol. The van der Waals surface area contributed by atoms with Crippen LogP contribution in [-0.4, -0.2) is 224 Å². The normalized spacial score (nSPS) is 12.4. The van der Waals surface area contributed by atoms with Crippen molar-refractivity contribution in [3.63, 3.8) is 0 Å². The second kappa shape index (κ2) is 74.2. The van der Waals surface area contributed by atoms with Crippen LogP contribution in [0.5, 0.6) is 0 Å². The van der Waals surface area contributed by atoms with Crippen molar-refractivity contribution in [3.05, 3.63) is 0 Å². The fourth-order valence-electron chi connectivity index (χ4n) is 11.8. The number of carboxylic acids is 3. The first-order valence-electron chi connectivity index (χ1n) is 42.5. The number of ketones is 7. The third kappa shape index (κ3) is 69.5. The summed E-state index contributed by atoms with van der Waals surface area (Å²) in [5.41, 5.74) is 0. The van der Waals surface area contributed by atoms with Crippen molar-refractivity contribution >= 4 is 93.8 Å². The van der Waals surface area contributed by atoms with E-state index in [4.69, 9.17) is 29.2 Å². The molecule has 0 rings (SSSR count). The van der Waals surface area contributed by atoms with E-state index >= 15 is 0 Å². The number of unbranched alkanes of at least 4 members (excludes halogenated alkanes) is 26. The number of ether oxygens (including phenoxy) is 4. The summed E-state index contributed by atoms with van der Waals surface area (Å²) in [5, 5.41) is 61.2. The van der Waals surface area contributed by atoms with Gasteiger partial charge in [-0.25, -0.2) is 0 Å². The molecular formula is C84H146N6O25. The van der Waals surface area contributed by atoms with E-state index < -0.39 is 128 Å². The van der Waals surface area contributed by atoms with Crippen molar-refractivity contribution in [1.82, 2.24) is 31.9 Å². The molecule has 0 aromatic rings. The topological polar surface area (TPSA) is 483 Å². The maximum absolute atomic E-state index is 12.6. The minimum absolute atomic E-state index is 0.0377. The Kier molecular flexibility index (Phi) is 70.8. The molecule has 5 atom stereocenters. The van der Waals surface area contributed by atoms with E-state index in [-0.39, 0.29) is 138 Å². The van der Waals surface area contributed by atoms with Gasteiger partial charge in [0, 0.05) is 95.6 Å². The van der Waals surface area contributed by atoms with Gasteiger partial charge < -0.3 is 76.4 Å². The fourth-order valence-corrected chi connectivity index (χ4v) is 11.8. The van der Waals surface area contributed by atoms with Crippen molar-refractivity contribution in [2.24, 2.45) is 29.6 Å². The lowest BCUT2D eigenvalue weighted by molar-refractivity contribution is -0.144. The van der Waals surface area contributed by atoms with Crippen LogP contribution in [0.2, 0.25) is 0 Å². The average molecular weight is 1640 g/mol. The van der Waals surface area contributed by atoms with Crippen LogP contribution in [0, 0.1) is 29.6 Å². The second-order valence-corrected chi connectivity index (χ2v) is 30.5. The molecule has 0 spiro atoms. The molecule has 0 aliphatic rings. The van der Waals surface area contributed by atoms with Crippen molar-refractivity contribution in [2.45, 2.75) is 317 Å². The Morgan fingerprint density at radius 2 is 0.678 bits per heavy atom. The number of Topliss-reactive ketones (excluding diaryl/α,β-unsaturated/α-hetero) is 7. The predicted octanol–water partition coefficient (Wildman–Crippen LogP) is 8.89. The summed E-state index contributed by atoms with van der Waals surface area (Å²) in [6, 6.07) is -1.42. The summed E-state index contributed by atoms with van der Waals surface area (Å²) < 4.78 is 21.3. The zero-order valence-electron chi connectivity index (χ0n) is 70.3. The van der Waals surface area contributed by atoms with Gasteiger partial charge in [-0.15, -0.1) is 0 Å². The van der Waals surface area contributed by atoms with Crippen LogP contribution in [0.3, 0.4) is 0 Å². The lowest BCUT2D eigenvalue weighted by Crippen LogP contribution is -2.49. The van der Waals surface area contributed by atoms with E-state index in [0.717, 1.165) is 96.3 Å². The van der Waals surface area contributed by atoms with Gasteiger partial charge in [0.1, 0.15) is 30.8 Å². The Balaban J connectivity index is 0. The molecule has 0 saturated carbocycles. The number of amides is 6. The maximum atomic E-state index is 12.6. The van der Waals surface area contributed by atoms with Gasteiger partial charge in [0.15, 0.2) is 28.9 Å². The van der Waals surface area contributed by atoms with E-state index in [0.29, 0.717) is 52.2 Å². The maximum Gasteiger partial charge on any atom is 0.306 e. The lowest BCUT2D eigenvalue weighted by atomic mass is 9.94. The van der Waals surface area contributed by atoms with E-state index in [1.807, 2.05) is 13.8 Å². The highest BCUT2D eigenvalue weighted by Crippen LogP contribution is 2.19. The summed E-state index contributed by atoms with van der Waals surface area (Å²) in [6.45, 7) is 9.47. The average Bonchev–Trinajstić information content (AvgIpc) is 0.968. The molecule has 0 heterocycles. The summed E-state index contributed by atoms with van der Waals surface area (Å²) in [6.07, 6.45) is 30.6. The largest absolute Gasteiger partial charge is 0.481 e. The van der Waals surface area contributed by atoms with Gasteiger partial charge in [-0.2, -0.15) is 0 Å². The van der Waals surface area contributed by atoms with E-state index in [9.17, 15) is 92.0 Å². The standard InChI is InChI=1S/C44H73N3O14.C40H73N3O11/c1-31(2)39(54)21-20-36(51)26-46-42(58)34(30-49)25-38(53)28-47-43(59)33(29-48)24-37(52)27-45-40(55)22-19-32(44(60)61)23-35(50)17-15-13-11-9-7-5-3-4-6-8-10-12-14-16-18-41(56)57;1-32(2)36(45)30-53-28-27-52-25-23-41-38(47)31-54-29-26-51-24-19-20-35(44)33(3)43-40(50)34(4)42-37(46)21-17-15-13-11-9-7-5-6-8-10-12-14-16-18-22-39(48)49/h31-34,48-49H,3-30H2,1-2H3,(H,45,55)(H,46,58)(H,47,59)(H,56,57)(H,60,61);32-34H,5-31H2,1-4H3,(H,41,47)(H,42,46)(H,43,50)(H,48,49)/t32-,33+,34+;33-,34-/m10/s1. The Hall–Kier alpha value is -7.32. The molecule has 115 heavy (non-hydrogen) atoms. The molecule has 0 radical (unpaired) electrons. The number of hydrogen-bond acceptors (Lipinski definition) is 22. The Labute approximate surface area is 682 Å². The number of aliphatic hydroxyl groups is 2. The molecule has 0 fully saturated rings. The van der Waals surface area contributed by atoms with Crippen molar-refractivity contribution in [1.29, 1.82) is 0 Å². The van der Waals surface area contributed by atoms with Crippen LogP contribution in [0.1, 0.15) is 305 Å². The molecule has 0 saturated heterocycles. The zero-order chi connectivity index (χ0) is 86.2.